The highest BCUT2D eigenvalue weighted by molar-refractivity contribution is 4.64. The molecule has 0 fully saturated rings. The molecular weight excluding hydrogens is 172 g/mol. The molecule has 2 unspecified atom stereocenters. The molecule has 0 aliphatic heterocycles. The van der Waals surface area contributed by atoms with Crippen LogP contribution in [0.25, 0.3) is 0 Å². The maximum Gasteiger partial charge on any atom is 0.00612 e. The van der Waals surface area contributed by atoms with Gasteiger partial charge in [0.1, 0.15) is 0 Å². The van der Waals surface area contributed by atoms with Gasteiger partial charge in [0.2, 0.25) is 0 Å². The summed E-state index contributed by atoms with van der Waals surface area (Å²) in [5.74, 6) is 0. The second-order valence-corrected chi connectivity index (χ2v) is 4.34. The largest absolute Gasteiger partial charge is 0.315 e. The molecule has 0 aromatic heterocycles. The zero-order valence-electron chi connectivity index (χ0n) is 10.6. The second-order valence-electron chi connectivity index (χ2n) is 4.34. The highest BCUT2D eigenvalue weighted by Gasteiger charge is 2.06. The van der Waals surface area contributed by atoms with Crippen molar-refractivity contribution in [3.8, 4) is 0 Å². The first-order valence-electron chi connectivity index (χ1n) is 6.05. The van der Waals surface area contributed by atoms with E-state index in [9.17, 15) is 0 Å². The summed E-state index contributed by atoms with van der Waals surface area (Å²) in [6.07, 6.45) is 3.84. The Labute approximate surface area is 90.1 Å². The zero-order valence-corrected chi connectivity index (χ0v) is 10.6. The highest BCUT2D eigenvalue weighted by atomic mass is 15.1. The number of nitrogens with one attached hydrogen (secondary N) is 1. The lowest BCUT2D eigenvalue weighted by Gasteiger charge is -2.24. The Kier molecular flexibility index (Phi) is 8.20. The van der Waals surface area contributed by atoms with Crippen LogP contribution in [0.1, 0.15) is 47.0 Å². The van der Waals surface area contributed by atoms with Gasteiger partial charge in [-0.1, -0.05) is 13.8 Å². The molecule has 0 bridgehead atoms. The molecule has 0 heterocycles. The summed E-state index contributed by atoms with van der Waals surface area (Å²) in [5, 5.41) is 3.44. The van der Waals surface area contributed by atoms with Crippen LogP contribution in [0, 0.1) is 0 Å². The third-order valence-electron chi connectivity index (χ3n) is 3.04. The molecule has 2 heteroatoms. The lowest BCUT2D eigenvalue weighted by molar-refractivity contribution is 0.243. The number of hydrogen-bond donors (Lipinski definition) is 1. The van der Waals surface area contributed by atoms with Crippen molar-refractivity contribution < 1.29 is 0 Å². The van der Waals surface area contributed by atoms with E-state index in [-0.39, 0.29) is 0 Å². The van der Waals surface area contributed by atoms with E-state index in [0.29, 0.717) is 6.04 Å². The second kappa shape index (κ2) is 8.25. The van der Waals surface area contributed by atoms with Crippen LogP contribution in [-0.4, -0.2) is 37.1 Å². The van der Waals surface area contributed by atoms with Gasteiger partial charge in [-0.3, -0.25) is 0 Å². The van der Waals surface area contributed by atoms with E-state index in [1.54, 1.807) is 0 Å². The van der Waals surface area contributed by atoms with Crippen LogP contribution in [0.3, 0.4) is 0 Å². The number of nitrogens with zero attached hydrogens (tertiary/aromatic N) is 1. The van der Waals surface area contributed by atoms with Crippen LogP contribution in [0.4, 0.5) is 0 Å². The first-order valence-corrected chi connectivity index (χ1v) is 6.05. The Hall–Kier alpha value is -0.0800. The third-order valence-corrected chi connectivity index (χ3v) is 3.04. The Morgan fingerprint density at radius 1 is 1.21 bits per heavy atom. The van der Waals surface area contributed by atoms with E-state index >= 15 is 0 Å². The molecule has 0 rings (SSSR count). The van der Waals surface area contributed by atoms with Crippen molar-refractivity contribution >= 4 is 0 Å². The van der Waals surface area contributed by atoms with Gasteiger partial charge in [-0.15, -0.1) is 0 Å². The molecule has 0 saturated heterocycles. The smallest absolute Gasteiger partial charge is 0.00612 e. The first-order chi connectivity index (χ1) is 6.61. The summed E-state index contributed by atoms with van der Waals surface area (Å²) in [6.45, 7) is 11.3. The lowest BCUT2D eigenvalue weighted by Crippen LogP contribution is -2.31. The van der Waals surface area contributed by atoms with Crippen molar-refractivity contribution in [2.45, 2.75) is 59.0 Å². The van der Waals surface area contributed by atoms with Crippen molar-refractivity contribution in [3.05, 3.63) is 0 Å². The minimum absolute atomic E-state index is 0.672. The quantitative estimate of drug-likeness (QED) is 0.647. The van der Waals surface area contributed by atoms with E-state index < -0.39 is 0 Å². The van der Waals surface area contributed by atoms with Gasteiger partial charge in [0.15, 0.2) is 0 Å². The normalized spacial score (nSPS) is 15.9. The van der Waals surface area contributed by atoms with Crippen LogP contribution < -0.4 is 5.32 Å². The fraction of sp³-hybridized carbons (Fsp3) is 1.00. The van der Waals surface area contributed by atoms with Crippen molar-refractivity contribution in [2.24, 2.45) is 0 Å². The van der Waals surface area contributed by atoms with Gasteiger partial charge < -0.3 is 10.2 Å². The summed E-state index contributed by atoms with van der Waals surface area (Å²) in [4.78, 5) is 2.46. The fourth-order valence-electron chi connectivity index (χ4n) is 1.63. The van der Waals surface area contributed by atoms with Crippen molar-refractivity contribution in [3.63, 3.8) is 0 Å². The van der Waals surface area contributed by atoms with Crippen LogP contribution in [0.2, 0.25) is 0 Å². The van der Waals surface area contributed by atoms with Crippen LogP contribution in [0.15, 0.2) is 0 Å². The molecule has 0 amide bonds. The van der Waals surface area contributed by atoms with E-state index in [2.05, 4.69) is 45.0 Å². The summed E-state index contributed by atoms with van der Waals surface area (Å²) >= 11 is 0. The Morgan fingerprint density at radius 3 is 2.36 bits per heavy atom. The standard InChI is InChI=1S/C12H28N2/c1-6-12(4)14(5)10-8-9-11(3)13-7-2/h11-13H,6-10H2,1-5H3. The maximum atomic E-state index is 3.44. The summed E-state index contributed by atoms with van der Waals surface area (Å²) in [6, 6.07) is 1.40. The van der Waals surface area contributed by atoms with Gasteiger partial charge in [-0.05, 0) is 53.2 Å². The van der Waals surface area contributed by atoms with E-state index in [0.717, 1.165) is 12.6 Å². The molecule has 0 aromatic rings. The summed E-state index contributed by atoms with van der Waals surface area (Å²) < 4.78 is 0. The molecule has 0 spiro atoms. The molecule has 2 atom stereocenters. The Bertz CT molecular complexity index is 125. The van der Waals surface area contributed by atoms with E-state index in [1.165, 1.54) is 25.8 Å². The zero-order chi connectivity index (χ0) is 11.0. The van der Waals surface area contributed by atoms with Crippen molar-refractivity contribution in [2.75, 3.05) is 20.1 Å². The van der Waals surface area contributed by atoms with Gasteiger partial charge >= 0.3 is 0 Å². The van der Waals surface area contributed by atoms with Crippen molar-refractivity contribution in [1.29, 1.82) is 0 Å². The number of rotatable bonds is 8. The molecule has 0 aromatic carbocycles. The molecule has 0 aliphatic carbocycles. The molecule has 0 saturated carbocycles. The van der Waals surface area contributed by atoms with Crippen molar-refractivity contribution in [1.82, 2.24) is 10.2 Å². The van der Waals surface area contributed by atoms with Crippen LogP contribution in [0.5, 0.6) is 0 Å². The molecule has 0 radical (unpaired) electrons. The number of hydrogen-bond acceptors (Lipinski definition) is 2. The van der Waals surface area contributed by atoms with E-state index in [4.69, 9.17) is 0 Å². The topological polar surface area (TPSA) is 15.3 Å². The fourth-order valence-corrected chi connectivity index (χ4v) is 1.63. The lowest BCUT2D eigenvalue weighted by atomic mass is 10.1. The van der Waals surface area contributed by atoms with Gasteiger partial charge in [0.25, 0.3) is 0 Å². The molecule has 86 valence electrons. The predicted octanol–water partition coefficient (Wildman–Crippen LogP) is 2.49. The third kappa shape index (κ3) is 6.39. The molecule has 1 N–H and O–H groups in total. The van der Waals surface area contributed by atoms with Crippen LogP contribution >= 0.6 is 0 Å². The molecule has 14 heavy (non-hydrogen) atoms. The van der Waals surface area contributed by atoms with Gasteiger partial charge in [-0.2, -0.15) is 0 Å². The summed E-state index contributed by atoms with van der Waals surface area (Å²) in [7, 11) is 2.23. The Balaban J connectivity index is 3.43. The maximum absolute atomic E-state index is 3.44. The molecular formula is C12H28N2. The average Bonchev–Trinajstić information content (AvgIpc) is 2.16. The minimum Gasteiger partial charge on any atom is -0.315 e. The minimum atomic E-state index is 0.672. The van der Waals surface area contributed by atoms with E-state index in [1.807, 2.05) is 0 Å². The van der Waals surface area contributed by atoms with Gasteiger partial charge in [0, 0.05) is 12.1 Å². The predicted molar refractivity (Wildman–Crippen MR) is 64.8 cm³/mol. The van der Waals surface area contributed by atoms with Crippen LogP contribution in [-0.2, 0) is 0 Å². The first kappa shape index (κ1) is 13.9. The molecule has 2 nitrogen and oxygen atoms in total. The van der Waals surface area contributed by atoms with Gasteiger partial charge in [0.05, 0.1) is 0 Å². The monoisotopic (exact) mass is 200 g/mol. The summed E-state index contributed by atoms with van der Waals surface area (Å²) in [5.41, 5.74) is 0. The highest BCUT2D eigenvalue weighted by Crippen LogP contribution is 2.03. The average molecular weight is 200 g/mol. The Morgan fingerprint density at radius 2 is 1.86 bits per heavy atom. The van der Waals surface area contributed by atoms with Gasteiger partial charge in [-0.25, -0.2) is 0 Å². The molecule has 0 aliphatic rings. The SMILES string of the molecule is CCNC(C)CCCN(C)C(C)CC.